The summed E-state index contributed by atoms with van der Waals surface area (Å²) >= 11 is 5.95. The van der Waals surface area contributed by atoms with Crippen LogP contribution in [0.2, 0.25) is 5.02 Å². The largest absolute Gasteiger partial charge is 0.493 e. The minimum absolute atomic E-state index is 0. The fourth-order valence-electron chi connectivity index (χ4n) is 3.40. The number of nitrogens with zero attached hydrogens (tertiary/aromatic N) is 1. The molecular weight excluding hydrogens is 417 g/mol. The van der Waals surface area contributed by atoms with E-state index >= 15 is 0 Å². The third-order valence-electron chi connectivity index (χ3n) is 4.83. The molecule has 2 nitrogen and oxygen atoms in total. The molecule has 0 bridgehead atoms. The molecule has 3 rings (SSSR count). The van der Waals surface area contributed by atoms with Gasteiger partial charge in [-0.15, -0.1) is 17.0 Å². The Morgan fingerprint density at radius 3 is 2.50 bits per heavy atom. The first kappa shape index (κ1) is 21.2. The first-order chi connectivity index (χ1) is 12.2. The molecular formula is C21H26BrClFNO. The number of piperidine rings is 1. The van der Waals surface area contributed by atoms with Gasteiger partial charge in [0.1, 0.15) is 11.6 Å². The molecule has 0 spiro atoms. The molecule has 1 heterocycles. The zero-order valence-corrected chi connectivity index (χ0v) is 17.3. The highest BCUT2D eigenvalue weighted by Gasteiger charge is 2.19. The third-order valence-corrected chi connectivity index (χ3v) is 5.08. The fourth-order valence-corrected chi connectivity index (χ4v) is 3.53. The Kier molecular flexibility index (Phi) is 8.89. The van der Waals surface area contributed by atoms with Crippen LogP contribution in [0, 0.1) is 11.7 Å². The summed E-state index contributed by atoms with van der Waals surface area (Å²) < 4.78 is 18.7. The van der Waals surface area contributed by atoms with Crippen molar-refractivity contribution >= 4 is 28.6 Å². The predicted molar refractivity (Wildman–Crippen MR) is 111 cm³/mol. The third kappa shape index (κ3) is 6.90. The number of ether oxygens (including phenoxy) is 1. The Balaban J connectivity index is 0.00000243. The monoisotopic (exact) mass is 441 g/mol. The van der Waals surface area contributed by atoms with Crippen molar-refractivity contribution in [1.82, 2.24) is 4.90 Å². The summed E-state index contributed by atoms with van der Waals surface area (Å²) in [7, 11) is 0. The van der Waals surface area contributed by atoms with Gasteiger partial charge in [0.2, 0.25) is 0 Å². The van der Waals surface area contributed by atoms with E-state index in [1.165, 1.54) is 30.5 Å². The summed E-state index contributed by atoms with van der Waals surface area (Å²) in [6, 6.07) is 14.6. The molecule has 0 aliphatic carbocycles. The first-order valence-electron chi connectivity index (χ1n) is 9.04. The van der Waals surface area contributed by atoms with Gasteiger partial charge in [0, 0.05) is 17.6 Å². The second-order valence-electron chi connectivity index (χ2n) is 6.77. The van der Waals surface area contributed by atoms with Gasteiger partial charge in [0.15, 0.2) is 0 Å². The van der Waals surface area contributed by atoms with E-state index in [-0.39, 0.29) is 22.8 Å². The summed E-state index contributed by atoms with van der Waals surface area (Å²) in [6.07, 6.45) is 4.60. The van der Waals surface area contributed by atoms with E-state index in [9.17, 15) is 4.39 Å². The maximum atomic E-state index is 13.1. The van der Waals surface area contributed by atoms with Gasteiger partial charge in [-0.3, -0.25) is 0 Å². The molecule has 0 aromatic heterocycles. The van der Waals surface area contributed by atoms with Gasteiger partial charge in [-0.2, -0.15) is 0 Å². The minimum Gasteiger partial charge on any atom is -0.493 e. The lowest BCUT2D eigenvalue weighted by molar-refractivity contribution is 0.170. The highest BCUT2D eigenvalue weighted by atomic mass is 79.9. The lowest BCUT2D eigenvalue weighted by atomic mass is 9.90. The average molecular weight is 443 g/mol. The smallest absolute Gasteiger partial charge is 0.126 e. The first-order valence-corrected chi connectivity index (χ1v) is 9.42. The van der Waals surface area contributed by atoms with Gasteiger partial charge >= 0.3 is 0 Å². The van der Waals surface area contributed by atoms with E-state index in [2.05, 4.69) is 17.0 Å². The SMILES string of the molecule is Br.Fc1cccc(OCCCN2CCC(Cc3ccc(Cl)cc3)CC2)c1. The topological polar surface area (TPSA) is 12.5 Å². The second-order valence-corrected chi connectivity index (χ2v) is 7.21. The molecule has 2 aromatic rings. The lowest BCUT2D eigenvalue weighted by Crippen LogP contribution is -2.35. The van der Waals surface area contributed by atoms with Crippen LogP contribution < -0.4 is 4.74 Å². The van der Waals surface area contributed by atoms with Crippen LogP contribution in [0.3, 0.4) is 0 Å². The average Bonchev–Trinajstić information content (AvgIpc) is 2.62. The summed E-state index contributed by atoms with van der Waals surface area (Å²) in [4.78, 5) is 2.51. The standard InChI is InChI=1S/C21H25ClFNO.BrH/c22-19-7-5-17(6-8-19)15-18-9-12-24(13-10-18)11-2-14-25-21-4-1-3-20(23)16-21;/h1,3-8,16,18H,2,9-15H2;1H. The Morgan fingerprint density at radius 1 is 1.08 bits per heavy atom. The highest BCUT2D eigenvalue weighted by Crippen LogP contribution is 2.22. The second kappa shape index (κ2) is 10.9. The molecule has 142 valence electrons. The summed E-state index contributed by atoms with van der Waals surface area (Å²) in [5.74, 6) is 1.13. The van der Waals surface area contributed by atoms with E-state index in [0.717, 1.165) is 43.4 Å². The Morgan fingerprint density at radius 2 is 1.81 bits per heavy atom. The van der Waals surface area contributed by atoms with Crippen LogP contribution in [0.5, 0.6) is 5.75 Å². The van der Waals surface area contributed by atoms with Crippen molar-refractivity contribution in [3.05, 3.63) is 64.9 Å². The molecule has 0 radical (unpaired) electrons. The van der Waals surface area contributed by atoms with Crippen LogP contribution in [0.15, 0.2) is 48.5 Å². The molecule has 5 heteroatoms. The molecule has 0 saturated carbocycles. The summed E-state index contributed by atoms with van der Waals surface area (Å²) in [5.41, 5.74) is 1.38. The maximum Gasteiger partial charge on any atom is 0.126 e. The van der Waals surface area contributed by atoms with Crippen LogP contribution in [-0.2, 0) is 6.42 Å². The number of likely N-dealkylation sites (tertiary alicyclic amines) is 1. The van der Waals surface area contributed by atoms with Crippen molar-refractivity contribution in [2.45, 2.75) is 25.7 Å². The Hall–Kier alpha value is -1.10. The van der Waals surface area contributed by atoms with Crippen LogP contribution in [-0.4, -0.2) is 31.1 Å². The number of hydrogen-bond acceptors (Lipinski definition) is 2. The van der Waals surface area contributed by atoms with Gasteiger partial charge in [-0.05, 0) is 74.5 Å². The van der Waals surface area contributed by atoms with Gasteiger partial charge in [-0.1, -0.05) is 29.8 Å². The molecule has 1 aliphatic heterocycles. The van der Waals surface area contributed by atoms with E-state index in [1.54, 1.807) is 12.1 Å². The summed E-state index contributed by atoms with van der Waals surface area (Å²) in [6.45, 7) is 3.98. The van der Waals surface area contributed by atoms with Crippen LogP contribution in [0.1, 0.15) is 24.8 Å². The lowest BCUT2D eigenvalue weighted by Gasteiger charge is -2.32. The van der Waals surface area contributed by atoms with Gasteiger partial charge in [0.05, 0.1) is 6.61 Å². The van der Waals surface area contributed by atoms with Gasteiger partial charge < -0.3 is 9.64 Å². The molecule has 0 atom stereocenters. The quantitative estimate of drug-likeness (QED) is 0.504. The van der Waals surface area contributed by atoms with Crippen molar-refractivity contribution in [3.63, 3.8) is 0 Å². The normalized spacial score (nSPS) is 15.5. The van der Waals surface area contributed by atoms with Gasteiger partial charge in [0.25, 0.3) is 0 Å². The molecule has 1 aliphatic rings. The number of halogens is 3. The molecule has 1 fully saturated rings. The summed E-state index contributed by atoms with van der Waals surface area (Å²) in [5, 5.41) is 0.805. The molecule has 0 N–H and O–H groups in total. The van der Waals surface area contributed by atoms with E-state index < -0.39 is 0 Å². The molecule has 1 saturated heterocycles. The Bertz CT molecular complexity index is 659. The number of benzene rings is 2. The van der Waals surface area contributed by atoms with E-state index in [4.69, 9.17) is 16.3 Å². The molecule has 2 aromatic carbocycles. The number of hydrogen-bond donors (Lipinski definition) is 0. The van der Waals surface area contributed by atoms with Crippen molar-refractivity contribution in [2.75, 3.05) is 26.2 Å². The van der Waals surface area contributed by atoms with Crippen LogP contribution in [0.25, 0.3) is 0 Å². The van der Waals surface area contributed by atoms with Crippen LogP contribution >= 0.6 is 28.6 Å². The van der Waals surface area contributed by atoms with Gasteiger partial charge in [-0.25, -0.2) is 4.39 Å². The zero-order chi connectivity index (χ0) is 17.5. The van der Waals surface area contributed by atoms with Crippen LogP contribution in [0.4, 0.5) is 4.39 Å². The fraction of sp³-hybridized carbons (Fsp3) is 0.429. The minimum atomic E-state index is -0.250. The predicted octanol–water partition coefficient (Wildman–Crippen LogP) is 5.78. The highest BCUT2D eigenvalue weighted by molar-refractivity contribution is 8.93. The maximum absolute atomic E-state index is 13.1. The Labute approximate surface area is 171 Å². The number of rotatable bonds is 7. The molecule has 0 unspecified atom stereocenters. The zero-order valence-electron chi connectivity index (χ0n) is 14.9. The van der Waals surface area contributed by atoms with Crippen molar-refractivity contribution in [2.24, 2.45) is 5.92 Å². The van der Waals surface area contributed by atoms with Crippen molar-refractivity contribution in [1.29, 1.82) is 0 Å². The van der Waals surface area contributed by atoms with E-state index in [0.29, 0.717) is 12.4 Å². The molecule has 0 amide bonds. The molecule has 26 heavy (non-hydrogen) atoms. The van der Waals surface area contributed by atoms with Crippen molar-refractivity contribution in [3.8, 4) is 5.75 Å². The van der Waals surface area contributed by atoms with Crippen molar-refractivity contribution < 1.29 is 9.13 Å². The van der Waals surface area contributed by atoms with E-state index in [1.807, 2.05) is 12.1 Å².